The minimum absolute atomic E-state index is 0.0806. The van der Waals surface area contributed by atoms with Gasteiger partial charge in [0.1, 0.15) is 0 Å². The molecule has 1 fully saturated rings. The molecule has 1 N–H and O–H groups in total. The van der Waals surface area contributed by atoms with Gasteiger partial charge in [0.05, 0.1) is 10.7 Å². The highest BCUT2D eigenvalue weighted by Gasteiger charge is 2.26. The summed E-state index contributed by atoms with van der Waals surface area (Å²) < 4.78 is 0. The third-order valence-corrected chi connectivity index (χ3v) is 5.36. The molecule has 1 unspecified atom stereocenters. The van der Waals surface area contributed by atoms with Crippen molar-refractivity contribution in [1.82, 2.24) is 15.2 Å². The zero-order valence-electron chi connectivity index (χ0n) is 15.0. The van der Waals surface area contributed by atoms with E-state index in [4.69, 9.17) is 4.98 Å². The largest absolute Gasteiger partial charge is 0.356 e. The summed E-state index contributed by atoms with van der Waals surface area (Å²) in [6, 6.07) is 0. The topological polar surface area (TPSA) is 62.3 Å². The van der Waals surface area contributed by atoms with Gasteiger partial charge in [-0.25, -0.2) is 4.98 Å². The normalized spacial score (nSPS) is 18.0. The van der Waals surface area contributed by atoms with Gasteiger partial charge in [0, 0.05) is 50.2 Å². The Bertz CT molecular complexity index is 556. The van der Waals surface area contributed by atoms with Crippen molar-refractivity contribution in [2.75, 3.05) is 19.6 Å². The summed E-state index contributed by atoms with van der Waals surface area (Å²) in [4.78, 5) is 30.3. The van der Waals surface area contributed by atoms with Gasteiger partial charge < -0.3 is 10.2 Å². The summed E-state index contributed by atoms with van der Waals surface area (Å²) in [6.07, 6.45) is 4.07. The van der Waals surface area contributed by atoms with E-state index >= 15 is 0 Å². The lowest BCUT2D eigenvalue weighted by atomic mass is 9.97. The minimum Gasteiger partial charge on any atom is -0.356 e. The van der Waals surface area contributed by atoms with Gasteiger partial charge in [0.25, 0.3) is 0 Å². The van der Waals surface area contributed by atoms with Crippen molar-refractivity contribution in [2.45, 2.75) is 58.8 Å². The summed E-state index contributed by atoms with van der Waals surface area (Å²) in [5.41, 5.74) is 1.04. The van der Waals surface area contributed by atoms with Crippen LogP contribution < -0.4 is 5.32 Å². The monoisotopic (exact) mass is 351 g/mol. The van der Waals surface area contributed by atoms with Crippen molar-refractivity contribution in [1.29, 1.82) is 0 Å². The number of aromatic nitrogens is 1. The van der Waals surface area contributed by atoms with Crippen LogP contribution in [0.5, 0.6) is 0 Å². The fourth-order valence-corrected chi connectivity index (χ4v) is 3.95. The lowest BCUT2D eigenvalue weighted by Gasteiger charge is -2.32. The number of likely N-dealkylation sites (tertiary alicyclic amines) is 1. The maximum Gasteiger partial charge on any atom is 0.222 e. The van der Waals surface area contributed by atoms with Crippen LogP contribution in [0.3, 0.4) is 0 Å². The summed E-state index contributed by atoms with van der Waals surface area (Å²) in [6.45, 7) is 8.34. The maximum atomic E-state index is 12.3. The molecule has 0 spiro atoms. The average molecular weight is 352 g/mol. The fraction of sp³-hybridized carbons (Fsp3) is 0.722. The molecule has 1 aromatic rings. The Morgan fingerprint density at radius 2 is 2.25 bits per heavy atom. The Morgan fingerprint density at radius 1 is 1.46 bits per heavy atom. The smallest absolute Gasteiger partial charge is 0.222 e. The average Bonchev–Trinajstić information content (AvgIpc) is 3.03. The molecule has 6 heteroatoms. The van der Waals surface area contributed by atoms with E-state index in [-0.39, 0.29) is 11.8 Å². The van der Waals surface area contributed by atoms with Crippen LogP contribution in [0.1, 0.15) is 63.1 Å². The Labute approximate surface area is 148 Å². The van der Waals surface area contributed by atoms with Crippen molar-refractivity contribution < 1.29 is 9.59 Å². The molecule has 24 heavy (non-hydrogen) atoms. The summed E-state index contributed by atoms with van der Waals surface area (Å²) in [5.74, 6) is 1.12. The Hall–Kier alpha value is -1.43. The zero-order chi connectivity index (χ0) is 17.5. The molecule has 1 atom stereocenters. The zero-order valence-corrected chi connectivity index (χ0v) is 15.8. The maximum absolute atomic E-state index is 12.3. The number of nitrogens with one attached hydrogen (secondary N) is 1. The molecular weight excluding hydrogens is 322 g/mol. The Kier molecular flexibility index (Phi) is 7.21. The van der Waals surface area contributed by atoms with Gasteiger partial charge in [-0.2, -0.15) is 0 Å². The Balaban J connectivity index is 1.87. The van der Waals surface area contributed by atoms with Crippen molar-refractivity contribution in [2.24, 2.45) is 5.92 Å². The first-order chi connectivity index (χ1) is 11.5. The van der Waals surface area contributed by atoms with Crippen molar-refractivity contribution >= 4 is 23.2 Å². The molecule has 1 saturated heterocycles. The molecule has 5 nitrogen and oxygen atoms in total. The van der Waals surface area contributed by atoms with Gasteiger partial charge in [-0.15, -0.1) is 11.3 Å². The molecule has 1 aliphatic heterocycles. The van der Waals surface area contributed by atoms with Crippen LogP contribution in [0.25, 0.3) is 0 Å². The number of piperidine rings is 1. The van der Waals surface area contributed by atoms with E-state index in [1.165, 1.54) is 0 Å². The van der Waals surface area contributed by atoms with Gasteiger partial charge in [-0.1, -0.05) is 20.8 Å². The highest BCUT2D eigenvalue weighted by Crippen LogP contribution is 2.29. The number of nitrogens with zero attached hydrogens (tertiary/aromatic N) is 2. The lowest BCUT2D eigenvalue weighted by Crippen LogP contribution is -2.39. The second-order valence-corrected chi connectivity index (χ2v) is 7.80. The third-order valence-electron chi connectivity index (χ3n) is 4.30. The Morgan fingerprint density at radius 3 is 2.96 bits per heavy atom. The number of hydrogen-bond acceptors (Lipinski definition) is 4. The van der Waals surface area contributed by atoms with Gasteiger partial charge in [-0.3, -0.25) is 9.59 Å². The minimum atomic E-state index is 0.0806. The fourth-order valence-electron chi connectivity index (χ4n) is 2.96. The summed E-state index contributed by atoms with van der Waals surface area (Å²) in [7, 11) is 0. The second-order valence-electron chi connectivity index (χ2n) is 6.91. The van der Waals surface area contributed by atoms with E-state index in [1.807, 2.05) is 11.8 Å². The van der Waals surface area contributed by atoms with Gasteiger partial charge in [0.2, 0.25) is 11.8 Å². The summed E-state index contributed by atoms with van der Waals surface area (Å²) >= 11 is 1.69. The second kappa shape index (κ2) is 9.16. The van der Waals surface area contributed by atoms with Crippen molar-refractivity contribution in [3.05, 3.63) is 16.1 Å². The first kappa shape index (κ1) is 18.9. The molecule has 0 aliphatic carbocycles. The SMILES string of the molecule is CCC(=O)NCCc1csc(C2CCCN(C(=O)CC(C)C)C2)n1. The molecule has 134 valence electrons. The van der Waals surface area contributed by atoms with Gasteiger partial charge >= 0.3 is 0 Å². The molecule has 2 rings (SSSR count). The number of carbonyl (C=O) groups excluding carboxylic acids is 2. The number of hydrogen-bond donors (Lipinski definition) is 1. The molecule has 1 aliphatic rings. The quantitative estimate of drug-likeness (QED) is 0.821. The standard InChI is InChI=1S/C18H29N3O2S/c1-4-16(22)19-8-7-15-12-24-18(20-15)14-6-5-9-21(11-14)17(23)10-13(2)3/h12-14H,4-11H2,1-3H3,(H,19,22). The third kappa shape index (κ3) is 5.58. The van der Waals surface area contributed by atoms with Crippen LogP contribution in [0.15, 0.2) is 5.38 Å². The molecule has 2 amide bonds. The van der Waals surface area contributed by atoms with E-state index in [1.54, 1.807) is 11.3 Å². The number of thiazole rings is 1. The molecule has 0 radical (unpaired) electrons. The summed E-state index contributed by atoms with van der Waals surface area (Å²) in [5, 5.41) is 6.10. The van der Waals surface area contributed by atoms with Gasteiger partial charge in [0.15, 0.2) is 0 Å². The van der Waals surface area contributed by atoms with E-state index in [9.17, 15) is 9.59 Å². The number of rotatable bonds is 7. The predicted octanol–water partition coefficient (Wildman–Crippen LogP) is 2.96. The molecule has 1 aromatic heterocycles. The van der Waals surface area contributed by atoms with Gasteiger partial charge in [-0.05, 0) is 18.8 Å². The first-order valence-electron chi connectivity index (χ1n) is 8.98. The highest BCUT2D eigenvalue weighted by molar-refractivity contribution is 7.09. The van der Waals surface area contributed by atoms with Crippen LogP contribution in [0, 0.1) is 5.92 Å². The number of amides is 2. The van der Waals surface area contributed by atoms with E-state index in [2.05, 4.69) is 24.5 Å². The highest BCUT2D eigenvalue weighted by atomic mass is 32.1. The van der Waals surface area contributed by atoms with E-state index in [0.29, 0.717) is 31.2 Å². The van der Waals surface area contributed by atoms with Crippen LogP contribution in [0.4, 0.5) is 0 Å². The molecule has 0 bridgehead atoms. The lowest BCUT2D eigenvalue weighted by molar-refractivity contribution is -0.133. The number of carbonyl (C=O) groups is 2. The molecule has 0 aromatic carbocycles. The molecule has 2 heterocycles. The molecular formula is C18H29N3O2S. The van der Waals surface area contributed by atoms with Crippen molar-refractivity contribution in [3.8, 4) is 0 Å². The van der Waals surface area contributed by atoms with Crippen LogP contribution in [-0.2, 0) is 16.0 Å². The first-order valence-corrected chi connectivity index (χ1v) is 9.86. The van der Waals surface area contributed by atoms with E-state index in [0.717, 1.165) is 43.1 Å². The molecule has 0 saturated carbocycles. The van der Waals surface area contributed by atoms with E-state index < -0.39 is 0 Å². The van der Waals surface area contributed by atoms with Crippen molar-refractivity contribution in [3.63, 3.8) is 0 Å². The van der Waals surface area contributed by atoms with Crippen LogP contribution >= 0.6 is 11.3 Å². The van der Waals surface area contributed by atoms with Crippen LogP contribution in [0.2, 0.25) is 0 Å². The predicted molar refractivity (Wildman–Crippen MR) is 97.1 cm³/mol. The van der Waals surface area contributed by atoms with Crippen LogP contribution in [-0.4, -0.2) is 41.3 Å².